The molecule has 0 spiro atoms. The van der Waals surface area contributed by atoms with Gasteiger partial charge in [0, 0.05) is 18.7 Å². The summed E-state index contributed by atoms with van der Waals surface area (Å²) in [6.45, 7) is 9.37. The van der Waals surface area contributed by atoms with Crippen molar-refractivity contribution < 1.29 is 4.79 Å². The Morgan fingerprint density at radius 1 is 1.27 bits per heavy atom. The van der Waals surface area contributed by atoms with Gasteiger partial charge in [-0.3, -0.25) is 9.89 Å². The summed E-state index contributed by atoms with van der Waals surface area (Å²) in [7, 11) is 0. The highest BCUT2D eigenvalue weighted by Gasteiger charge is 2.21. The third kappa shape index (κ3) is 3.88. The Hall–Kier alpha value is -1.82. The lowest BCUT2D eigenvalue weighted by Crippen LogP contribution is -2.36. The topological polar surface area (TPSA) is 61.9 Å². The van der Waals surface area contributed by atoms with E-state index in [1.165, 1.54) is 17.3 Å². The van der Waals surface area contributed by atoms with Crippen molar-refractivity contribution in [2.24, 2.45) is 0 Å². The molecule has 0 radical (unpaired) electrons. The zero-order valence-electron chi connectivity index (χ0n) is 13.5. The summed E-state index contributed by atoms with van der Waals surface area (Å²) >= 11 is 1.38. The van der Waals surface area contributed by atoms with Crippen LogP contribution in [-0.2, 0) is 4.79 Å². The Morgan fingerprint density at radius 3 is 2.50 bits per heavy atom. The molecule has 1 unspecified atom stereocenters. The summed E-state index contributed by atoms with van der Waals surface area (Å²) in [4.78, 5) is 18.6. The summed E-state index contributed by atoms with van der Waals surface area (Å²) in [5.41, 5.74) is 2.20. The van der Waals surface area contributed by atoms with Crippen LogP contribution in [0.25, 0.3) is 11.4 Å². The van der Waals surface area contributed by atoms with E-state index in [1.54, 1.807) is 0 Å². The number of nitrogens with zero attached hydrogens (tertiary/aromatic N) is 3. The minimum Gasteiger partial charge on any atom is -0.342 e. The Labute approximate surface area is 135 Å². The zero-order chi connectivity index (χ0) is 16.1. The Morgan fingerprint density at radius 2 is 1.91 bits per heavy atom. The Balaban J connectivity index is 2.05. The molecule has 22 heavy (non-hydrogen) atoms. The quantitative estimate of drug-likeness (QED) is 0.831. The van der Waals surface area contributed by atoms with Crippen LogP contribution in [-0.4, -0.2) is 44.3 Å². The molecule has 1 atom stereocenters. The molecule has 5 nitrogen and oxygen atoms in total. The second kappa shape index (κ2) is 7.45. The summed E-state index contributed by atoms with van der Waals surface area (Å²) in [6.07, 6.45) is 0. The number of carbonyl (C=O) groups is 1. The third-order valence-corrected chi connectivity index (χ3v) is 4.44. The van der Waals surface area contributed by atoms with Gasteiger partial charge in [0.05, 0.1) is 5.25 Å². The Bertz CT molecular complexity index is 619. The summed E-state index contributed by atoms with van der Waals surface area (Å²) in [5.74, 6) is 0.849. The number of carbonyl (C=O) groups excluding carboxylic acids is 1. The van der Waals surface area contributed by atoms with Gasteiger partial charge in [0.15, 0.2) is 5.82 Å². The molecular formula is C16H22N4OS. The summed E-state index contributed by atoms with van der Waals surface area (Å²) < 4.78 is 0. The van der Waals surface area contributed by atoms with Crippen molar-refractivity contribution in [3.8, 4) is 11.4 Å². The van der Waals surface area contributed by atoms with Crippen LogP contribution in [0.15, 0.2) is 29.4 Å². The molecule has 1 heterocycles. The number of amides is 1. The second-order valence-corrected chi connectivity index (χ2v) is 6.41. The average Bonchev–Trinajstić information content (AvgIpc) is 2.97. The zero-order valence-corrected chi connectivity index (χ0v) is 14.3. The van der Waals surface area contributed by atoms with E-state index >= 15 is 0 Å². The van der Waals surface area contributed by atoms with E-state index in [4.69, 9.17) is 0 Å². The number of thioether (sulfide) groups is 1. The smallest absolute Gasteiger partial charge is 0.235 e. The van der Waals surface area contributed by atoms with Gasteiger partial charge in [0.1, 0.15) is 0 Å². The van der Waals surface area contributed by atoms with Crippen molar-refractivity contribution in [2.75, 3.05) is 13.1 Å². The van der Waals surface area contributed by atoms with E-state index in [2.05, 4.69) is 15.2 Å². The van der Waals surface area contributed by atoms with Gasteiger partial charge in [0.2, 0.25) is 11.1 Å². The van der Waals surface area contributed by atoms with Crippen molar-refractivity contribution in [1.82, 2.24) is 20.1 Å². The molecular weight excluding hydrogens is 296 g/mol. The van der Waals surface area contributed by atoms with E-state index in [0.717, 1.165) is 24.5 Å². The van der Waals surface area contributed by atoms with Crippen LogP contribution >= 0.6 is 11.8 Å². The van der Waals surface area contributed by atoms with Gasteiger partial charge in [-0.15, -0.1) is 5.10 Å². The third-order valence-electron chi connectivity index (χ3n) is 3.49. The number of hydrogen-bond donors (Lipinski definition) is 1. The monoisotopic (exact) mass is 318 g/mol. The first-order valence-corrected chi connectivity index (χ1v) is 8.38. The highest BCUT2D eigenvalue weighted by atomic mass is 32.2. The lowest BCUT2D eigenvalue weighted by atomic mass is 10.1. The van der Waals surface area contributed by atoms with E-state index in [0.29, 0.717) is 5.16 Å². The van der Waals surface area contributed by atoms with Gasteiger partial charge in [-0.2, -0.15) is 0 Å². The van der Waals surface area contributed by atoms with Gasteiger partial charge >= 0.3 is 0 Å². The predicted octanol–water partition coefficient (Wildman–Crippen LogP) is 3.13. The van der Waals surface area contributed by atoms with Gasteiger partial charge in [-0.1, -0.05) is 41.6 Å². The second-order valence-electron chi connectivity index (χ2n) is 5.10. The van der Waals surface area contributed by atoms with Crippen molar-refractivity contribution in [3.05, 3.63) is 29.8 Å². The molecule has 2 aromatic rings. The molecule has 2 rings (SSSR count). The fraction of sp³-hybridized carbons (Fsp3) is 0.438. The van der Waals surface area contributed by atoms with Gasteiger partial charge in [-0.25, -0.2) is 4.98 Å². The predicted molar refractivity (Wildman–Crippen MR) is 89.8 cm³/mol. The number of H-pyrrole nitrogens is 1. The van der Waals surface area contributed by atoms with Gasteiger partial charge in [0.25, 0.3) is 0 Å². The highest BCUT2D eigenvalue weighted by molar-refractivity contribution is 8.00. The molecule has 0 saturated heterocycles. The number of benzene rings is 1. The molecule has 1 aromatic heterocycles. The standard InChI is InChI=1S/C16H22N4OS/c1-5-20(6-2)15(21)12(4)22-16-17-14(18-19-16)13-9-7-11(3)8-10-13/h7-10,12H,5-6H2,1-4H3,(H,17,18,19). The largest absolute Gasteiger partial charge is 0.342 e. The number of rotatable bonds is 6. The van der Waals surface area contributed by atoms with Crippen molar-refractivity contribution in [1.29, 1.82) is 0 Å². The lowest BCUT2D eigenvalue weighted by molar-refractivity contribution is -0.129. The first-order chi connectivity index (χ1) is 10.5. The number of aromatic amines is 1. The SMILES string of the molecule is CCN(CC)C(=O)C(C)Sc1n[nH]c(-c2ccc(C)cc2)n1. The summed E-state index contributed by atoms with van der Waals surface area (Å²) in [6, 6.07) is 8.10. The van der Waals surface area contributed by atoms with E-state index < -0.39 is 0 Å². The van der Waals surface area contributed by atoms with Gasteiger partial charge in [-0.05, 0) is 27.7 Å². The van der Waals surface area contributed by atoms with Crippen LogP contribution in [0.1, 0.15) is 26.3 Å². The van der Waals surface area contributed by atoms with Crippen LogP contribution in [0.4, 0.5) is 0 Å². The van der Waals surface area contributed by atoms with Crippen molar-refractivity contribution >= 4 is 17.7 Å². The Kier molecular flexibility index (Phi) is 5.60. The van der Waals surface area contributed by atoms with Crippen molar-refractivity contribution in [3.63, 3.8) is 0 Å². The lowest BCUT2D eigenvalue weighted by Gasteiger charge is -2.21. The molecule has 0 aliphatic heterocycles. The van der Waals surface area contributed by atoms with Crippen LogP contribution < -0.4 is 0 Å². The van der Waals surface area contributed by atoms with E-state index in [-0.39, 0.29) is 11.2 Å². The number of nitrogens with one attached hydrogen (secondary N) is 1. The number of aromatic nitrogens is 3. The van der Waals surface area contributed by atoms with E-state index in [9.17, 15) is 4.79 Å². The molecule has 0 fully saturated rings. The first-order valence-electron chi connectivity index (χ1n) is 7.50. The summed E-state index contributed by atoms with van der Waals surface area (Å²) in [5, 5.41) is 7.55. The van der Waals surface area contributed by atoms with Crippen LogP contribution in [0.3, 0.4) is 0 Å². The fourth-order valence-electron chi connectivity index (χ4n) is 2.14. The minimum atomic E-state index is -0.193. The molecule has 6 heteroatoms. The first kappa shape index (κ1) is 16.5. The number of hydrogen-bond acceptors (Lipinski definition) is 4. The van der Waals surface area contributed by atoms with Crippen LogP contribution in [0.5, 0.6) is 0 Å². The molecule has 1 N–H and O–H groups in total. The maximum atomic E-state index is 12.3. The number of aryl methyl sites for hydroxylation is 1. The molecule has 0 bridgehead atoms. The fourth-order valence-corrected chi connectivity index (χ4v) is 2.95. The molecule has 1 aromatic carbocycles. The highest BCUT2D eigenvalue weighted by Crippen LogP contribution is 2.23. The van der Waals surface area contributed by atoms with E-state index in [1.807, 2.05) is 56.9 Å². The van der Waals surface area contributed by atoms with Gasteiger partial charge < -0.3 is 4.90 Å². The van der Waals surface area contributed by atoms with Crippen LogP contribution in [0.2, 0.25) is 0 Å². The minimum absolute atomic E-state index is 0.122. The average molecular weight is 318 g/mol. The molecule has 0 saturated carbocycles. The normalized spacial score (nSPS) is 12.2. The molecule has 0 aliphatic carbocycles. The van der Waals surface area contributed by atoms with Crippen LogP contribution in [0, 0.1) is 6.92 Å². The maximum Gasteiger partial charge on any atom is 0.235 e. The van der Waals surface area contributed by atoms with Crippen molar-refractivity contribution in [2.45, 2.75) is 38.1 Å². The molecule has 0 aliphatic rings. The molecule has 118 valence electrons. The molecule has 1 amide bonds. The maximum absolute atomic E-state index is 12.3.